The molecule has 0 aliphatic heterocycles. The van der Waals surface area contributed by atoms with Crippen LogP contribution in [-0.2, 0) is 23.3 Å². The second-order valence-corrected chi connectivity index (χ2v) is 7.86. The first kappa shape index (κ1) is 18.0. The van der Waals surface area contributed by atoms with Crippen molar-refractivity contribution in [2.75, 3.05) is 11.6 Å². The van der Waals surface area contributed by atoms with Gasteiger partial charge in [-0.3, -0.25) is 10.1 Å². The zero-order valence-electron chi connectivity index (χ0n) is 13.9. The SMILES string of the molecule is CC(CCc1cccn1C)Nc1cccc(S(C)(=O)=O)c1[N+](=O)[O-]. The van der Waals surface area contributed by atoms with Crippen molar-refractivity contribution in [3.8, 4) is 0 Å². The minimum Gasteiger partial charge on any atom is -0.377 e. The maximum atomic E-state index is 11.8. The second-order valence-electron chi connectivity index (χ2n) is 5.88. The van der Waals surface area contributed by atoms with E-state index in [1.807, 2.05) is 36.9 Å². The molecular weight excluding hydrogens is 330 g/mol. The number of rotatable bonds is 7. The monoisotopic (exact) mass is 351 g/mol. The van der Waals surface area contributed by atoms with Crippen LogP contribution in [-0.4, -0.2) is 30.2 Å². The summed E-state index contributed by atoms with van der Waals surface area (Å²) < 4.78 is 25.6. The van der Waals surface area contributed by atoms with Gasteiger partial charge in [0.1, 0.15) is 10.6 Å². The van der Waals surface area contributed by atoms with Crippen LogP contribution >= 0.6 is 0 Å². The molecule has 0 amide bonds. The molecule has 2 aromatic rings. The van der Waals surface area contributed by atoms with Gasteiger partial charge in [0.15, 0.2) is 9.84 Å². The summed E-state index contributed by atoms with van der Waals surface area (Å²) in [5, 5.41) is 14.4. The van der Waals surface area contributed by atoms with Gasteiger partial charge < -0.3 is 9.88 Å². The van der Waals surface area contributed by atoms with Crippen LogP contribution in [0.3, 0.4) is 0 Å². The van der Waals surface area contributed by atoms with Gasteiger partial charge in [-0.05, 0) is 44.0 Å². The van der Waals surface area contributed by atoms with Crippen molar-refractivity contribution < 1.29 is 13.3 Å². The highest BCUT2D eigenvalue weighted by Gasteiger charge is 2.26. The topological polar surface area (TPSA) is 94.2 Å². The molecule has 1 aromatic carbocycles. The van der Waals surface area contributed by atoms with Gasteiger partial charge in [-0.25, -0.2) is 8.42 Å². The number of aromatic nitrogens is 1. The van der Waals surface area contributed by atoms with Crippen molar-refractivity contribution in [1.29, 1.82) is 0 Å². The molecule has 0 fully saturated rings. The highest BCUT2D eigenvalue weighted by Crippen LogP contribution is 2.32. The average Bonchev–Trinajstić information content (AvgIpc) is 2.89. The first-order valence-electron chi connectivity index (χ1n) is 7.54. The number of anilines is 1. The minimum absolute atomic E-state index is 0.0478. The third-order valence-corrected chi connectivity index (χ3v) is 5.00. The molecule has 0 spiro atoms. The number of nitro benzene ring substituents is 1. The van der Waals surface area contributed by atoms with Gasteiger partial charge in [0.2, 0.25) is 0 Å². The fourth-order valence-electron chi connectivity index (χ4n) is 2.58. The Bertz CT molecular complexity index is 843. The largest absolute Gasteiger partial charge is 0.377 e. The van der Waals surface area contributed by atoms with Crippen molar-refractivity contribution in [2.24, 2.45) is 7.05 Å². The Hall–Kier alpha value is -2.35. The molecule has 1 heterocycles. The van der Waals surface area contributed by atoms with Crippen molar-refractivity contribution in [2.45, 2.75) is 30.7 Å². The molecular formula is C16H21N3O4S. The number of para-hydroxylation sites is 1. The van der Waals surface area contributed by atoms with E-state index in [9.17, 15) is 18.5 Å². The van der Waals surface area contributed by atoms with Crippen molar-refractivity contribution in [3.05, 3.63) is 52.3 Å². The number of nitro groups is 1. The Labute approximate surface area is 141 Å². The van der Waals surface area contributed by atoms with Crippen molar-refractivity contribution in [3.63, 3.8) is 0 Å². The lowest BCUT2D eigenvalue weighted by atomic mass is 10.1. The summed E-state index contributed by atoms with van der Waals surface area (Å²) in [5.41, 5.74) is 0.996. The van der Waals surface area contributed by atoms with Crippen LogP contribution in [0.1, 0.15) is 19.0 Å². The zero-order chi connectivity index (χ0) is 17.9. The minimum atomic E-state index is -3.68. The second kappa shape index (κ2) is 7.04. The summed E-state index contributed by atoms with van der Waals surface area (Å²) in [5.74, 6) is 0. The van der Waals surface area contributed by atoms with Crippen molar-refractivity contribution >= 4 is 21.2 Å². The van der Waals surface area contributed by atoms with Crippen LogP contribution in [0.4, 0.5) is 11.4 Å². The van der Waals surface area contributed by atoms with E-state index in [-0.39, 0.29) is 16.6 Å². The Morgan fingerprint density at radius 2 is 2.00 bits per heavy atom. The Morgan fingerprint density at radius 3 is 2.54 bits per heavy atom. The summed E-state index contributed by atoms with van der Waals surface area (Å²) in [6, 6.07) is 8.25. The Kier molecular flexibility index (Phi) is 5.28. The quantitative estimate of drug-likeness (QED) is 0.611. The molecule has 2 rings (SSSR count). The number of benzene rings is 1. The van der Waals surface area contributed by atoms with E-state index in [1.54, 1.807) is 0 Å². The van der Waals surface area contributed by atoms with Gasteiger partial charge in [-0.2, -0.15) is 0 Å². The molecule has 1 atom stereocenters. The first-order valence-corrected chi connectivity index (χ1v) is 9.43. The third-order valence-electron chi connectivity index (χ3n) is 3.87. The van der Waals surface area contributed by atoms with Gasteiger partial charge in [0.25, 0.3) is 0 Å². The number of hydrogen-bond acceptors (Lipinski definition) is 5. The van der Waals surface area contributed by atoms with Crippen LogP contribution in [0.5, 0.6) is 0 Å². The van der Waals surface area contributed by atoms with E-state index in [2.05, 4.69) is 5.32 Å². The Morgan fingerprint density at radius 1 is 1.29 bits per heavy atom. The van der Waals surface area contributed by atoms with E-state index in [1.165, 1.54) is 23.9 Å². The van der Waals surface area contributed by atoms with Gasteiger partial charge in [0.05, 0.1) is 4.92 Å². The number of sulfone groups is 1. The highest BCUT2D eigenvalue weighted by molar-refractivity contribution is 7.90. The van der Waals surface area contributed by atoms with E-state index < -0.39 is 20.4 Å². The van der Waals surface area contributed by atoms with Crippen LogP contribution in [0.2, 0.25) is 0 Å². The number of nitrogens with one attached hydrogen (secondary N) is 1. The molecule has 0 saturated carbocycles. The smallest absolute Gasteiger partial charge is 0.310 e. The lowest BCUT2D eigenvalue weighted by Gasteiger charge is -2.16. The fraction of sp³-hybridized carbons (Fsp3) is 0.375. The summed E-state index contributed by atoms with van der Waals surface area (Å²) in [4.78, 5) is 10.4. The molecule has 0 aliphatic carbocycles. The summed E-state index contributed by atoms with van der Waals surface area (Å²) in [6.45, 7) is 1.92. The molecule has 7 nitrogen and oxygen atoms in total. The van der Waals surface area contributed by atoms with Gasteiger partial charge in [0, 0.05) is 31.2 Å². The maximum Gasteiger partial charge on any atom is 0.310 e. The fourth-order valence-corrected chi connectivity index (χ4v) is 3.45. The standard InChI is InChI=1S/C16H21N3O4S/c1-12(9-10-13-6-5-11-18(13)2)17-14-7-4-8-15(24(3,22)23)16(14)19(20)21/h4-8,11-12,17H,9-10H2,1-3H3. The summed E-state index contributed by atoms with van der Waals surface area (Å²) in [7, 11) is -1.71. The van der Waals surface area contributed by atoms with E-state index in [0.717, 1.165) is 19.1 Å². The molecule has 1 N–H and O–H groups in total. The number of hydrogen-bond donors (Lipinski definition) is 1. The van der Waals surface area contributed by atoms with Gasteiger partial charge in [-0.15, -0.1) is 0 Å². The van der Waals surface area contributed by atoms with Crippen LogP contribution < -0.4 is 5.32 Å². The van der Waals surface area contributed by atoms with Crippen LogP contribution in [0, 0.1) is 10.1 Å². The number of nitrogens with zero attached hydrogens (tertiary/aromatic N) is 2. The first-order chi connectivity index (χ1) is 11.2. The predicted molar refractivity (Wildman–Crippen MR) is 93.0 cm³/mol. The zero-order valence-corrected chi connectivity index (χ0v) is 14.7. The average molecular weight is 351 g/mol. The molecule has 0 bridgehead atoms. The molecule has 0 saturated heterocycles. The highest BCUT2D eigenvalue weighted by atomic mass is 32.2. The molecule has 0 radical (unpaired) electrons. The molecule has 1 aromatic heterocycles. The number of aryl methyl sites for hydroxylation is 2. The third kappa shape index (κ3) is 4.14. The van der Waals surface area contributed by atoms with Crippen LogP contribution in [0.25, 0.3) is 0 Å². The van der Waals surface area contributed by atoms with Crippen molar-refractivity contribution in [1.82, 2.24) is 4.57 Å². The summed E-state index contributed by atoms with van der Waals surface area (Å²) >= 11 is 0. The molecule has 24 heavy (non-hydrogen) atoms. The predicted octanol–water partition coefficient (Wildman–Crippen LogP) is 2.77. The van der Waals surface area contributed by atoms with Crippen LogP contribution in [0.15, 0.2) is 41.4 Å². The molecule has 1 unspecified atom stereocenters. The summed E-state index contributed by atoms with van der Waals surface area (Å²) in [6.07, 6.45) is 4.52. The van der Waals surface area contributed by atoms with E-state index in [0.29, 0.717) is 0 Å². The lowest BCUT2D eigenvalue weighted by molar-refractivity contribution is -0.386. The van der Waals surface area contributed by atoms with E-state index >= 15 is 0 Å². The molecule has 8 heteroatoms. The van der Waals surface area contributed by atoms with Gasteiger partial charge >= 0.3 is 5.69 Å². The normalized spacial score (nSPS) is 12.8. The molecule has 0 aliphatic rings. The lowest BCUT2D eigenvalue weighted by Crippen LogP contribution is -2.18. The maximum absolute atomic E-state index is 11.8. The Balaban J connectivity index is 2.20. The van der Waals surface area contributed by atoms with E-state index in [4.69, 9.17) is 0 Å². The van der Waals surface area contributed by atoms with Gasteiger partial charge in [-0.1, -0.05) is 6.07 Å². The molecule has 130 valence electrons.